The minimum atomic E-state index is -0.658. The van der Waals surface area contributed by atoms with Crippen LogP contribution in [0.25, 0.3) is 0 Å². The Hall–Kier alpha value is -1.71. The van der Waals surface area contributed by atoms with Crippen molar-refractivity contribution in [2.45, 2.75) is 84.5 Å². The van der Waals surface area contributed by atoms with Gasteiger partial charge in [-0.05, 0) is 48.6 Å². The average molecular weight is 365 g/mol. The smallest absolute Gasteiger partial charge is 0.306 e. The van der Waals surface area contributed by atoms with Crippen LogP contribution < -0.4 is 0 Å². The second-order valence-corrected chi connectivity index (χ2v) is 8.34. The van der Waals surface area contributed by atoms with Crippen molar-refractivity contribution < 1.29 is 20.1 Å². The standard InChI is InChI=1S/C22H36O4/c1-5-6-9-17(21(25)26)11-10-16(2)8-7-14-22(3,4)19-13-12-18(23)15-20(19)24/h12-13,15-17,23-24H,5-11,14H2,1-4H3,(H,25,26). The molecule has 1 aromatic rings. The van der Waals surface area contributed by atoms with Crippen molar-refractivity contribution in [2.75, 3.05) is 0 Å². The number of aromatic hydroxyl groups is 2. The lowest BCUT2D eigenvalue weighted by Gasteiger charge is -2.27. The summed E-state index contributed by atoms with van der Waals surface area (Å²) >= 11 is 0. The maximum absolute atomic E-state index is 11.3. The molecule has 0 heterocycles. The molecule has 0 radical (unpaired) electrons. The number of carboxylic acid groups (broad SMARTS) is 1. The quantitative estimate of drug-likeness (QED) is 0.434. The van der Waals surface area contributed by atoms with E-state index < -0.39 is 5.97 Å². The van der Waals surface area contributed by atoms with E-state index in [-0.39, 0.29) is 22.8 Å². The second kappa shape index (κ2) is 10.4. The number of phenolic OH excluding ortho intramolecular Hbond substituents is 2. The van der Waals surface area contributed by atoms with Crippen LogP contribution in [-0.2, 0) is 10.2 Å². The molecule has 0 fully saturated rings. The topological polar surface area (TPSA) is 77.8 Å². The highest BCUT2D eigenvalue weighted by molar-refractivity contribution is 5.69. The Kier molecular flexibility index (Phi) is 8.97. The number of phenols is 2. The lowest BCUT2D eigenvalue weighted by atomic mass is 9.78. The van der Waals surface area contributed by atoms with Gasteiger partial charge in [-0.15, -0.1) is 0 Å². The number of hydrogen-bond donors (Lipinski definition) is 3. The zero-order valence-corrected chi connectivity index (χ0v) is 16.8. The molecule has 4 heteroatoms. The van der Waals surface area contributed by atoms with E-state index in [1.54, 1.807) is 12.1 Å². The van der Waals surface area contributed by atoms with Crippen LogP contribution in [-0.4, -0.2) is 21.3 Å². The molecule has 1 rings (SSSR count). The van der Waals surface area contributed by atoms with Gasteiger partial charge in [0.1, 0.15) is 11.5 Å². The van der Waals surface area contributed by atoms with Gasteiger partial charge in [0, 0.05) is 6.07 Å². The minimum absolute atomic E-state index is 0.0757. The van der Waals surface area contributed by atoms with Crippen LogP contribution in [0.5, 0.6) is 11.5 Å². The Morgan fingerprint density at radius 1 is 1.08 bits per heavy atom. The van der Waals surface area contributed by atoms with E-state index in [1.807, 2.05) is 0 Å². The molecule has 0 saturated carbocycles. The Bertz CT molecular complexity index is 565. The van der Waals surface area contributed by atoms with Crippen LogP contribution in [0.4, 0.5) is 0 Å². The van der Waals surface area contributed by atoms with Crippen LogP contribution in [0.15, 0.2) is 18.2 Å². The van der Waals surface area contributed by atoms with Crippen molar-refractivity contribution in [3.05, 3.63) is 23.8 Å². The molecular formula is C22H36O4. The third-order valence-corrected chi connectivity index (χ3v) is 5.47. The normalized spacial score (nSPS) is 14.2. The van der Waals surface area contributed by atoms with Crippen molar-refractivity contribution in [2.24, 2.45) is 11.8 Å². The fraction of sp³-hybridized carbons (Fsp3) is 0.682. The first kappa shape index (κ1) is 22.3. The van der Waals surface area contributed by atoms with E-state index in [4.69, 9.17) is 0 Å². The van der Waals surface area contributed by atoms with Gasteiger partial charge in [0.15, 0.2) is 0 Å². The zero-order chi connectivity index (χ0) is 19.7. The summed E-state index contributed by atoms with van der Waals surface area (Å²) in [4.78, 5) is 11.3. The SMILES string of the molecule is CCCCC(CCC(C)CCCC(C)(C)c1ccc(O)cc1O)C(=O)O. The summed E-state index contributed by atoms with van der Waals surface area (Å²) in [5.41, 5.74) is 0.691. The molecule has 0 bridgehead atoms. The highest BCUT2D eigenvalue weighted by Gasteiger charge is 2.24. The molecule has 2 atom stereocenters. The molecule has 26 heavy (non-hydrogen) atoms. The maximum Gasteiger partial charge on any atom is 0.306 e. The molecule has 148 valence electrons. The molecule has 0 aliphatic carbocycles. The van der Waals surface area contributed by atoms with Gasteiger partial charge in [-0.25, -0.2) is 0 Å². The Morgan fingerprint density at radius 2 is 1.77 bits per heavy atom. The molecule has 0 aromatic heterocycles. The molecule has 0 aliphatic heterocycles. The number of carbonyl (C=O) groups is 1. The van der Waals surface area contributed by atoms with Crippen molar-refractivity contribution in [3.8, 4) is 11.5 Å². The first-order valence-electron chi connectivity index (χ1n) is 9.92. The number of hydrogen-bond acceptors (Lipinski definition) is 3. The number of aliphatic carboxylic acids is 1. The van der Waals surface area contributed by atoms with Crippen molar-refractivity contribution in [3.63, 3.8) is 0 Å². The maximum atomic E-state index is 11.3. The zero-order valence-electron chi connectivity index (χ0n) is 16.8. The molecule has 0 amide bonds. The number of rotatable bonds is 12. The van der Waals surface area contributed by atoms with Gasteiger partial charge < -0.3 is 15.3 Å². The molecule has 0 saturated heterocycles. The minimum Gasteiger partial charge on any atom is -0.508 e. The molecular weight excluding hydrogens is 328 g/mol. The van der Waals surface area contributed by atoms with Crippen LogP contribution in [0.1, 0.15) is 84.6 Å². The molecule has 1 aromatic carbocycles. The van der Waals surface area contributed by atoms with Crippen molar-refractivity contribution >= 4 is 5.97 Å². The number of carboxylic acids is 1. The first-order chi connectivity index (χ1) is 12.2. The number of benzene rings is 1. The fourth-order valence-corrected chi connectivity index (χ4v) is 3.59. The molecule has 4 nitrogen and oxygen atoms in total. The van der Waals surface area contributed by atoms with Gasteiger partial charge in [-0.3, -0.25) is 4.79 Å². The highest BCUT2D eigenvalue weighted by Crippen LogP contribution is 2.37. The van der Waals surface area contributed by atoms with Gasteiger partial charge in [-0.1, -0.05) is 59.4 Å². The molecule has 0 spiro atoms. The van der Waals surface area contributed by atoms with Crippen LogP contribution in [0, 0.1) is 11.8 Å². The van der Waals surface area contributed by atoms with Crippen LogP contribution in [0.2, 0.25) is 0 Å². The average Bonchev–Trinajstić information content (AvgIpc) is 2.53. The summed E-state index contributed by atoms with van der Waals surface area (Å²) in [5, 5.41) is 28.9. The van der Waals surface area contributed by atoms with Gasteiger partial charge in [0.25, 0.3) is 0 Å². The van der Waals surface area contributed by atoms with Gasteiger partial charge in [0.05, 0.1) is 5.92 Å². The van der Waals surface area contributed by atoms with E-state index in [0.717, 1.165) is 56.9 Å². The lowest BCUT2D eigenvalue weighted by Crippen LogP contribution is -2.18. The van der Waals surface area contributed by atoms with Crippen LogP contribution in [0.3, 0.4) is 0 Å². The van der Waals surface area contributed by atoms with E-state index >= 15 is 0 Å². The Labute approximate surface area is 158 Å². The summed E-state index contributed by atoms with van der Waals surface area (Å²) in [6.45, 7) is 8.50. The third kappa shape index (κ3) is 7.27. The van der Waals surface area contributed by atoms with Crippen molar-refractivity contribution in [1.82, 2.24) is 0 Å². The fourth-order valence-electron chi connectivity index (χ4n) is 3.59. The van der Waals surface area contributed by atoms with E-state index in [2.05, 4.69) is 27.7 Å². The highest BCUT2D eigenvalue weighted by atomic mass is 16.4. The molecule has 2 unspecified atom stereocenters. The second-order valence-electron chi connectivity index (χ2n) is 8.34. The Balaban J connectivity index is 2.44. The van der Waals surface area contributed by atoms with E-state index in [9.17, 15) is 20.1 Å². The molecule has 3 N–H and O–H groups in total. The summed E-state index contributed by atoms with van der Waals surface area (Å²) in [6.07, 6.45) is 7.54. The van der Waals surface area contributed by atoms with Gasteiger partial charge in [-0.2, -0.15) is 0 Å². The van der Waals surface area contributed by atoms with Gasteiger partial charge >= 0.3 is 5.97 Å². The van der Waals surface area contributed by atoms with E-state index in [0.29, 0.717) is 5.92 Å². The van der Waals surface area contributed by atoms with E-state index in [1.165, 1.54) is 6.07 Å². The molecule has 0 aliphatic rings. The summed E-state index contributed by atoms with van der Waals surface area (Å²) in [6, 6.07) is 4.79. The summed E-state index contributed by atoms with van der Waals surface area (Å²) < 4.78 is 0. The van der Waals surface area contributed by atoms with Crippen LogP contribution >= 0.6 is 0 Å². The summed E-state index contributed by atoms with van der Waals surface area (Å²) in [5.74, 6) is -0.143. The predicted molar refractivity (Wildman–Crippen MR) is 106 cm³/mol. The lowest BCUT2D eigenvalue weighted by molar-refractivity contribution is -0.142. The monoisotopic (exact) mass is 364 g/mol. The summed E-state index contributed by atoms with van der Waals surface area (Å²) in [7, 11) is 0. The van der Waals surface area contributed by atoms with Gasteiger partial charge in [0.2, 0.25) is 0 Å². The largest absolute Gasteiger partial charge is 0.508 e. The third-order valence-electron chi connectivity index (χ3n) is 5.47. The Morgan fingerprint density at radius 3 is 2.35 bits per heavy atom. The first-order valence-corrected chi connectivity index (χ1v) is 9.92. The number of unbranched alkanes of at least 4 members (excludes halogenated alkanes) is 1. The predicted octanol–water partition coefficient (Wildman–Crippen LogP) is 5.85. The van der Waals surface area contributed by atoms with Crippen molar-refractivity contribution in [1.29, 1.82) is 0 Å².